The van der Waals surface area contributed by atoms with E-state index < -0.39 is 0 Å². The van der Waals surface area contributed by atoms with Crippen LogP contribution >= 0.6 is 0 Å². The molecule has 6 heteroatoms. The smallest absolute Gasteiger partial charge is 0.272 e. The van der Waals surface area contributed by atoms with Gasteiger partial charge in [-0.05, 0) is 38.0 Å². The lowest BCUT2D eigenvalue weighted by Crippen LogP contribution is -2.27. The van der Waals surface area contributed by atoms with Crippen LogP contribution in [0, 0.1) is 0 Å². The zero-order chi connectivity index (χ0) is 15.1. The Hall–Kier alpha value is -2.63. The Morgan fingerprint density at radius 3 is 2.95 bits per heavy atom. The van der Waals surface area contributed by atoms with Crippen molar-refractivity contribution < 1.29 is 4.79 Å². The maximum Gasteiger partial charge on any atom is 0.272 e. The van der Waals surface area contributed by atoms with Crippen LogP contribution in [0.4, 0.5) is 0 Å². The number of hydrogen-bond acceptors (Lipinski definition) is 3. The molecule has 0 spiro atoms. The van der Waals surface area contributed by atoms with Gasteiger partial charge < -0.3 is 10.3 Å². The minimum absolute atomic E-state index is 0.184. The molecule has 1 aliphatic rings. The van der Waals surface area contributed by atoms with Gasteiger partial charge in [-0.15, -0.1) is 0 Å². The van der Waals surface area contributed by atoms with Crippen LogP contribution in [0.15, 0.2) is 30.3 Å². The van der Waals surface area contributed by atoms with Crippen molar-refractivity contribution in [2.24, 2.45) is 0 Å². The molecule has 0 aliphatic heterocycles. The number of aromatic nitrogens is 4. The fraction of sp³-hybridized carbons (Fsp3) is 0.312. The monoisotopic (exact) mass is 295 g/mol. The number of carbonyl (C=O) groups is 1. The van der Waals surface area contributed by atoms with Gasteiger partial charge in [-0.1, -0.05) is 12.1 Å². The van der Waals surface area contributed by atoms with Gasteiger partial charge in [-0.3, -0.25) is 9.89 Å². The quantitative estimate of drug-likeness (QED) is 0.691. The Morgan fingerprint density at radius 1 is 1.36 bits per heavy atom. The number of fused-ring (bicyclic) bond motifs is 1. The standard InChI is InChI=1S/C16H17N5O/c1-9(15-18-11-4-2-3-5-12(11)19-15)17-16(22)14-8-13(20-21-14)10-6-7-10/h2-5,8-10H,6-7H2,1H3,(H,17,22)(H,18,19)(H,20,21)/t9-/m1/s1. The molecule has 6 nitrogen and oxygen atoms in total. The van der Waals surface area contributed by atoms with E-state index in [-0.39, 0.29) is 11.9 Å². The van der Waals surface area contributed by atoms with Crippen LogP contribution in [0.3, 0.4) is 0 Å². The molecule has 2 heterocycles. The molecule has 3 N–H and O–H groups in total. The van der Waals surface area contributed by atoms with Crippen LogP contribution in [0.2, 0.25) is 0 Å². The van der Waals surface area contributed by atoms with E-state index in [2.05, 4.69) is 25.5 Å². The summed E-state index contributed by atoms with van der Waals surface area (Å²) in [6.45, 7) is 1.91. The van der Waals surface area contributed by atoms with Crippen LogP contribution in [-0.4, -0.2) is 26.1 Å². The lowest BCUT2D eigenvalue weighted by atomic mass is 10.2. The van der Waals surface area contributed by atoms with Crippen LogP contribution in [0.1, 0.15) is 53.7 Å². The van der Waals surface area contributed by atoms with E-state index in [4.69, 9.17) is 0 Å². The van der Waals surface area contributed by atoms with Gasteiger partial charge in [0, 0.05) is 11.6 Å². The van der Waals surface area contributed by atoms with Crippen molar-refractivity contribution in [2.75, 3.05) is 0 Å². The predicted molar refractivity (Wildman–Crippen MR) is 82.5 cm³/mol. The lowest BCUT2D eigenvalue weighted by molar-refractivity contribution is 0.0933. The number of imidazole rings is 1. The largest absolute Gasteiger partial charge is 0.341 e. The highest BCUT2D eigenvalue weighted by atomic mass is 16.2. The number of benzene rings is 1. The molecule has 1 amide bonds. The van der Waals surface area contributed by atoms with Crippen molar-refractivity contribution in [3.05, 3.63) is 47.5 Å². The van der Waals surface area contributed by atoms with Crippen LogP contribution in [0.25, 0.3) is 11.0 Å². The Balaban J connectivity index is 1.50. The van der Waals surface area contributed by atoms with Crippen molar-refractivity contribution in [3.8, 4) is 0 Å². The molecule has 4 rings (SSSR count). The second-order valence-corrected chi connectivity index (χ2v) is 5.82. The Kier molecular flexibility index (Phi) is 2.96. The highest BCUT2D eigenvalue weighted by Crippen LogP contribution is 2.39. The number of rotatable bonds is 4. The fourth-order valence-electron chi connectivity index (χ4n) is 2.57. The zero-order valence-corrected chi connectivity index (χ0v) is 12.3. The Morgan fingerprint density at radius 2 is 2.18 bits per heavy atom. The van der Waals surface area contributed by atoms with E-state index in [9.17, 15) is 4.79 Å². The van der Waals surface area contributed by atoms with Gasteiger partial charge in [0.1, 0.15) is 11.5 Å². The topological polar surface area (TPSA) is 86.5 Å². The first kappa shape index (κ1) is 13.1. The molecule has 1 fully saturated rings. The van der Waals surface area contributed by atoms with Crippen LogP contribution in [0.5, 0.6) is 0 Å². The number of nitrogens with zero attached hydrogens (tertiary/aromatic N) is 2. The molecule has 2 aromatic heterocycles. The third kappa shape index (κ3) is 2.36. The van der Waals surface area contributed by atoms with Gasteiger partial charge in [0.15, 0.2) is 0 Å². The molecule has 112 valence electrons. The SMILES string of the molecule is C[C@@H](NC(=O)c1cc(C2CC2)[nH]n1)c1nc2ccccc2[nH]1. The molecular formula is C16H17N5O. The minimum atomic E-state index is -0.207. The highest BCUT2D eigenvalue weighted by Gasteiger charge is 2.26. The van der Waals surface area contributed by atoms with Crippen LogP contribution in [-0.2, 0) is 0 Å². The first-order chi connectivity index (χ1) is 10.7. The van der Waals surface area contributed by atoms with Gasteiger partial charge in [-0.25, -0.2) is 4.98 Å². The summed E-state index contributed by atoms with van der Waals surface area (Å²) in [5.74, 6) is 1.12. The second kappa shape index (κ2) is 4.98. The number of carbonyl (C=O) groups excluding carboxylic acids is 1. The van der Waals surface area contributed by atoms with Crippen molar-refractivity contribution in [2.45, 2.75) is 31.7 Å². The van der Waals surface area contributed by atoms with Gasteiger partial charge in [-0.2, -0.15) is 5.10 Å². The first-order valence-electron chi connectivity index (χ1n) is 7.51. The highest BCUT2D eigenvalue weighted by molar-refractivity contribution is 5.92. The summed E-state index contributed by atoms with van der Waals surface area (Å²) in [6, 6.07) is 9.45. The number of aromatic amines is 2. The molecule has 1 aliphatic carbocycles. The van der Waals surface area contributed by atoms with E-state index in [0.717, 1.165) is 22.6 Å². The molecule has 1 atom stereocenters. The number of nitrogens with one attached hydrogen (secondary N) is 3. The van der Waals surface area contributed by atoms with E-state index in [1.807, 2.05) is 37.3 Å². The zero-order valence-electron chi connectivity index (χ0n) is 12.3. The average molecular weight is 295 g/mol. The number of para-hydroxylation sites is 2. The van der Waals surface area contributed by atoms with Gasteiger partial charge in [0.25, 0.3) is 5.91 Å². The van der Waals surface area contributed by atoms with Crippen molar-refractivity contribution in [3.63, 3.8) is 0 Å². The molecular weight excluding hydrogens is 278 g/mol. The van der Waals surface area contributed by atoms with E-state index in [0.29, 0.717) is 11.6 Å². The average Bonchev–Trinajstić information content (AvgIpc) is 3.10. The fourth-order valence-corrected chi connectivity index (χ4v) is 2.57. The summed E-state index contributed by atoms with van der Waals surface area (Å²) >= 11 is 0. The maximum absolute atomic E-state index is 12.3. The number of amides is 1. The molecule has 1 aromatic carbocycles. The van der Waals surface area contributed by atoms with Crippen LogP contribution < -0.4 is 5.32 Å². The molecule has 0 radical (unpaired) electrons. The van der Waals surface area contributed by atoms with E-state index >= 15 is 0 Å². The van der Waals surface area contributed by atoms with E-state index in [1.54, 1.807) is 0 Å². The second-order valence-electron chi connectivity index (χ2n) is 5.82. The summed E-state index contributed by atoms with van der Waals surface area (Å²) in [4.78, 5) is 20.0. The maximum atomic E-state index is 12.3. The first-order valence-corrected chi connectivity index (χ1v) is 7.51. The summed E-state index contributed by atoms with van der Waals surface area (Å²) < 4.78 is 0. The molecule has 22 heavy (non-hydrogen) atoms. The van der Waals surface area contributed by atoms with E-state index in [1.165, 1.54) is 12.8 Å². The molecule has 0 unspecified atom stereocenters. The number of hydrogen-bond donors (Lipinski definition) is 3. The summed E-state index contributed by atoms with van der Waals surface area (Å²) in [5.41, 5.74) is 3.36. The van der Waals surface area contributed by atoms with Crippen molar-refractivity contribution in [1.29, 1.82) is 0 Å². The summed E-state index contributed by atoms with van der Waals surface area (Å²) in [5, 5.41) is 9.98. The molecule has 1 saturated carbocycles. The molecule has 3 aromatic rings. The Bertz CT molecular complexity index is 797. The molecule has 0 saturated heterocycles. The third-order valence-corrected chi connectivity index (χ3v) is 4.01. The van der Waals surface area contributed by atoms with Gasteiger partial charge in [0.05, 0.1) is 17.1 Å². The number of H-pyrrole nitrogens is 2. The molecule has 0 bridgehead atoms. The predicted octanol–water partition coefficient (Wildman–Crippen LogP) is 2.65. The normalized spacial score (nSPS) is 15.9. The summed E-state index contributed by atoms with van der Waals surface area (Å²) in [7, 11) is 0. The Labute approximate surface area is 127 Å². The minimum Gasteiger partial charge on any atom is -0.341 e. The van der Waals surface area contributed by atoms with Gasteiger partial charge >= 0.3 is 0 Å². The van der Waals surface area contributed by atoms with Crippen molar-refractivity contribution in [1.82, 2.24) is 25.5 Å². The van der Waals surface area contributed by atoms with Gasteiger partial charge in [0.2, 0.25) is 0 Å². The third-order valence-electron chi connectivity index (χ3n) is 4.01. The summed E-state index contributed by atoms with van der Waals surface area (Å²) in [6.07, 6.45) is 2.36. The lowest BCUT2D eigenvalue weighted by Gasteiger charge is -2.09. The van der Waals surface area contributed by atoms with Crippen molar-refractivity contribution >= 4 is 16.9 Å².